The Labute approximate surface area is 134 Å². The summed E-state index contributed by atoms with van der Waals surface area (Å²) in [5.41, 5.74) is 0.0500. The quantitative estimate of drug-likeness (QED) is 0.680. The topological polar surface area (TPSA) is 77.3 Å². The van der Waals surface area contributed by atoms with Gasteiger partial charge in [0.25, 0.3) is 5.92 Å². The highest BCUT2D eigenvalue weighted by Gasteiger charge is 2.43. The molecule has 23 heavy (non-hydrogen) atoms. The lowest BCUT2D eigenvalue weighted by Crippen LogP contribution is -2.47. The first-order chi connectivity index (χ1) is 10.9. The molecule has 0 spiro atoms. The van der Waals surface area contributed by atoms with Crippen molar-refractivity contribution in [2.45, 2.75) is 18.4 Å². The number of fused-ring (bicyclic) bond motifs is 1. The van der Waals surface area contributed by atoms with E-state index in [-0.39, 0.29) is 24.4 Å². The van der Waals surface area contributed by atoms with Crippen LogP contribution in [-0.4, -0.2) is 35.1 Å². The highest BCUT2D eigenvalue weighted by Crippen LogP contribution is 2.37. The summed E-state index contributed by atoms with van der Waals surface area (Å²) in [4.78, 5) is 14.6. The highest BCUT2D eigenvalue weighted by atomic mass is 35.5. The number of benzene rings is 1. The number of anilines is 1. The van der Waals surface area contributed by atoms with Crippen molar-refractivity contribution in [2.75, 3.05) is 18.5 Å². The Hall–Kier alpha value is -2.06. The van der Waals surface area contributed by atoms with Gasteiger partial charge in [-0.1, -0.05) is 11.6 Å². The summed E-state index contributed by atoms with van der Waals surface area (Å²) in [5.74, 6) is -3.12. The highest BCUT2D eigenvalue weighted by molar-refractivity contribution is 6.31. The van der Waals surface area contributed by atoms with Gasteiger partial charge in [0.15, 0.2) is 0 Å². The largest absolute Gasteiger partial charge is 0.375 e. The van der Waals surface area contributed by atoms with E-state index in [0.717, 1.165) is 6.20 Å². The molecule has 122 valence electrons. The summed E-state index contributed by atoms with van der Waals surface area (Å²) >= 11 is 5.93. The zero-order valence-electron chi connectivity index (χ0n) is 11.8. The monoisotopic (exact) mass is 343 g/mol. The van der Waals surface area contributed by atoms with E-state index in [9.17, 15) is 18.9 Å². The molecular formula is C14H12ClF2N3O3. The third-order valence-corrected chi connectivity index (χ3v) is 3.92. The molecule has 6 nitrogen and oxygen atoms in total. The van der Waals surface area contributed by atoms with E-state index in [0.29, 0.717) is 15.9 Å². The van der Waals surface area contributed by atoms with Gasteiger partial charge in [-0.15, -0.1) is 0 Å². The average Bonchev–Trinajstić information content (AvgIpc) is 2.49. The summed E-state index contributed by atoms with van der Waals surface area (Å²) in [6, 6.07) is 3.36. The number of halogens is 3. The van der Waals surface area contributed by atoms with E-state index < -0.39 is 23.5 Å². The number of nitrogens with zero attached hydrogens (tertiary/aromatic N) is 2. The number of pyridine rings is 1. The molecule has 9 heteroatoms. The zero-order chi connectivity index (χ0) is 16.6. The molecule has 1 aliphatic heterocycles. The molecule has 1 aromatic carbocycles. The molecule has 2 aromatic rings. The van der Waals surface area contributed by atoms with E-state index in [1.807, 2.05) is 0 Å². The van der Waals surface area contributed by atoms with Gasteiger partial charge in [0.2, 0.25) is 0 Å². The van der Waals surface area contributed by atoms with Crippen molar-refractivity contribution in [3.8, 4) is 0 Å². The van der Waals surface area contributed by atoms with Crippen LogP contribution < -0.4 is 5.32 Å². The Balaban J connectivity index is 2.11. The van der Waals surface area contributed by atoms with Gasteiger partial charge in [0, 0.05) is 17.0 Å². The number of nitro groups is 1. The van der Waals surface area contributed by atoms with Crippen LogP contribution in [0.3, 0.4) is 0 Å². The average molecular weight is 344 g/mol. The van der Waals surface area contributed by atoms with Crippen molar-refractivity contribution in [1.82, 2.24) is 4.98 Å². The molecular weight excluding hydrogens is 332 g/mol. The maximum Gasteiger partial charge on any atom is 0.311 e. The van der Waals surface area contributed by atoms with Crippen molar-refractivity contribution in [1.29, 1.82) is 0 Å². The zero-order valence-corrected chi connectivity index (χ0v) is 12.5. The van der Waals surface area contributed by atoms with Gasteiger partial charge in [-0.3, -0.25) is 10.1 Å². The summed E-state index contributed by atoms with van der Waals surface area (Å²) < 4.78 is 32.7. The second kappa shape index (κ2) is 5.86. The molecule has 0 amide bonds. The molecule has 1 N–H and O–H groups in total. The summed E-state index contributed by atoms with van der Waals surface area (Å²) in [7, 11) is 0. The summed E-state index contributed by atoms with van der Waals surface area (Å²) in [6.45, 7) is -0.562. The van der Waals surface area contributed by atoms with E-state index in [1.165, 1.54) is 6.07 Å². The Morgan fingerprint density at radius 1 is 1.48 bits per heavy atom. The Morgan fingerprint density at radius 3 is 2.96 bits per heavy atom. The van der Waals surface area contributed by atoms with E-state index in [2.05, 4.69) is 10.3 Å². The van der Waals surface area contributed by atoms with Crippen LogP contribution in [0.2, 0.25) is 5.02 Å². The molecule has 0 aliphatic carbocycles. The fourth-order valence-electron chi connectivity index (χ4n) is 2.52. The van der Waals surface area contributed by atoms with Crippen LogP contribution in [0.4, 0.5) is 20.2 Å². The van der Waals surface area contributed by atoms with Crippen LogP contribution in [0.5, 0.6) is 0 Å². The molecule has 1 saturated heterocycles. The molecule has 3 rings (SSSR count). The van der Waals surface area contributed by atoms with Crippen LogP contribution in [0.1, 0.15) is 6.42 Å². The maximum absolute atomic E-state index is 14.0. The van der Waals surface area contributed by atoms with Crippen LogP contribution >= 0.6 is 11.6 Å². The summed E-state index contributed by atoms with van der Waals surface area (Å²) in [5, 5.41) is 14.5. The molecule has 0 radical (unpaired) electrons. The minimum absolute atomic E-state index is 0.00549. The number of hydrogen-bond donors (Lipinski definition) is 1. The first kappa shape index (κ1) is 15.8. The van der Waals surface area contributed by atoms with Gasteiger partial charge in [0.1, 0.15) is 18.5 Å². The first-order valence-corrected chi connectivity index (χ1v) is 7.21. The third kappa shape index (κ3) is 3.04. The number of ether oxygens (including phenoxy) is 1. The second-order valence-electron chi connectivity index (χ2n) is 5.24. The fourth-order valence-corrected chi connectivity index (χ4v) is 2.69. The van der Waals surface area contributed by atoms with Gasteiger partial charge in [-0.25, -0.2) is 13.8 Å². The van der Waals surface area contributed by atoms with Crippen molar-refractivity contribution >= 4 is 33.9 Å². The van der Waals surface area contributed by atoms with Crippen LogP contribution in [0, 0.1) is 10.1 Å². The molecule has 2 heterocycles. The van der Waals surface area contributed by atoms with Gasteiger partial charge >= 0.3 is 5.69 Å². The lowest BCUT2D eigenvalue weighted by molar-refractivity contribution is -0.384. The maximum atomic E-state index is 14.0. The number of nitrogens with one attached hydrogen (secondary N) is 1. The van der Waals surface area contributed by atoms with E-state index in [4.69, 9.17) is 16.3 Å². The molecule has 0 saturated carbocycles. The standard InChI is InChI=1S/C14H12ClF2N3O3/c15-8-1-2-10-9(5-8)13(11(6-18-10)20(21)22)19-12-3-4-23-7-14(12,16)17/h1-2,5-6,12H,3-4,7H2,(H,18,19). The van der Waals surface area contributed by atoms with Crippen LogP contribution in [-0.2, 0) is 4.74 Å². The minimum Gasteiger partial charge on any atom is -0.375 e. The third-order valence-electron chi connectivity index (χ3n) is 3.68. The predicted molar refractivity (Wildman–Crippen MR) is 81.2 cm³/mol. The van der Waals surface area contributed by atoms with E-state index >= 15 is 0 Å². The minimum atomic E-state index is -3.12. The molecule has 1 aliphatic rings. The van der Waals surface area contributed by atoms with Gasteiger partial charge < -0.3 is 10.1 Å². The number of hydrogen-bond acceptors (Lipinski definition) is 5. The number of rotatable bonds is 3. The Bertz CT molecular complexity index is 772. The number of alkyl halides is 2. The second-order valence-corrected chi connectivity index (χ2v) is 5.67. The Kier molecular flexibility index (Phi) is 4.03. The van der Waals surface area contributed by atoms with Crippen LogP contribution in [0.25, 0.3) is 10.9 Å². The summed E-state index contributed by atoms with van der Waals surface area (Å²) in [6.07, 6.45) is 1.09. The fraction of sp³-hybridized carbons (Fsp3) is 0.357. The Morgan fingerprint density at radius 2 is 2.26 bits per heavy atom. The smallest absolute Gasteiger partial charge is 0.311 e. The molecule has 1 unspecified atom stereocenters. The van der Waals surface area contributed by atoms with Gasteiger partial charge in [0.05, 0.1) is 16.5 Å². The van der Waals surface area contributed by atoms with Crippen molar-refractivity contribution in [2.24, 2.45) is 0 Å². The molecule has 1 aromatic heterocycles. The van der Waals surface area contributed by atoms with E-state index in [1.54, 1.807) is 12.1 Å². The normalized spacial score (nSPS) is 20.4. The van der Waals surface area contributed by atoms with Gasteiger partial charge in [-0.2, -0.15) is 0 Å². The molecule has 0 bridgehead atoms. The van der Waals surface area contributed by atoms with Crippen molar-refractivity contribution in [3.63, 3.8) is 0 Å². The molecule has 1 atom stereocenters. The van der Waals surface area contributed by atoms with Crippen LogP contribution in [0.15, 0.2) is 24.4 Å². The number of aromatic nitrogens is 1. The predicted octanol–water partition coefficient (Wildman–Crippen LogP) is 3.63. The first-order valence-electron chi connectivity index (χ1n) is 6.83. The lowest BCUT2D eigenvalue weighted by atomic mass is 10.0. The molecule has 1 fully saturated rings. The van der Waals surface area contributed by atoms with Crippen molar-refractivity contribution in [3.05, 3.63) is 39.5 Å². The lowest BCUT2D eigenvalue weighted by Gasteiger charge is -2.32. The van der Waals surface area contributed by atoms with Crippen molar-refractivity contribution < 1.29 is 18.4 Å². The SMILES string of the molecule is O=[N+]([O-])c1cnc2ccc(Cl)cc2c1NC1CCOCC1(F)F. The van der Waals surface area contributed by atoms with Gasteiger partial charge in [-0.05, 0) is 24.6 Å².